The highest BCUT2D eigenvalue weighted by Crippen LogP contribution is 2.26. The van der Waals surface area contributed by atoms with E-state index in [9.17, 15) is 8.42 Å². The fraction of sp³-hybridized carbons (Fsp3) is 0.235. The Morgan fingerprint density at radius 3 is 2.44 bits per heavy atom. The number of benzene rings is 1. The lowest BCUT2D eigenvalue weighted by Gasteiger charge is -2.18. The summed E-state index contributed by atoms with van der Waals surface area (Å²) < 4.78 is 28.2. The molecule has 0 aliphatic rings. The highest BCUT2D eigenvalue weighted by Gasteiger charge is 2.21. The van der Waals surface area contributed by atoms with Crippen molar-refractivity contribution in [3.8, 4) is 5.82 Å². The van der Waals surface area contributed by atoms with Crippen molar-refractivity contribution in [2.24, 2.45) is 0 Å². The van der Waals surface area contributed by atoms with Gasteiger partial charge in [-0.1, -0.05) is 13.8 Å². The van der Waals surface area contributed by atoms with Gasteiger partial charge in [0.1, 0.15) is 18.3 Å². The molecular formula is C17H21N7O2S. The van der Waals surface area contributed by atoms with Crippen LogP contribution in [0.5, 0.6) is 0 Å². The second-order valence-electron chi connectivity index (χ2n) is 5.67. The highest BCUT2D eigenvalue weighted by molar-refractivity contribution is 7.89. The maximum Gasteiger partial charge on any atom is 0.243 e. The molecule has 3 N–H and O–H groups in total. The molecule has 0 aliphatic heterocycles. The molecule has 10 heteroatoms. The number of aromatic nitrogens is 4. The molecule has 2 aromatic heterocycles. The second-order valence-corrected chi connectivity index (χ2v) is 7.61. The van der Waals surface area contributed by atoms with Gasteiger partial charge in [0.05, 0.1) is 4.90 Å². The minimum absolute atomic E-state index is 0.242. The number of hydrogen-bond acceptors (Lipinski definition) is 7. The van der Waals surface area contributed by atoms with Gasteiger partial charge in [0.25, 0.3) is 0 Å². The van der Waals surface area contributed by atoms with Crippen molar-refractivity contribution in [3.63, 3.8) is 0 Å². The third-order valence-corrected chi connectivity index (χ3v) is 6.14. The summed E-state index contributed by atoms with van der Waals surface area (Å²) in [6.07, 6.45) is 6.35. The predicted octanol–water partition coefficient (Wildman–Crippen LogP) is 2.02. The van der Waals surface area contributed by atoms with Gasteiger partial charge in [-0.25, -0.2) is 23.4 Å². The van der Waals surface area contributed by atoms with E-state index in [0.717, 1.165) is 0 Å². The molecule has 0 amide bonds. The molecule has 9 nitrogen and oxygen atoms in total. The van der Waals surface area contributed by atoms with E-state index in [4.69, 9.17) is 5.73 Å². The van der Waals surface area contributed by atoms with Gasteiger partial charge in [-0.2, -0.15) is 4.31 Å². The van der Waals surface area contributed by atoms with Gasteiger partial charge in [0.2, 0.25) is 10.0 Å². The van der Waals surface area contributed by atoms with Crippen LogP contribution in [0.15, 0.2) is 54.2 Å². The molecule has 0 saturated carbocycles. The van der Waals surface area contributed by atoms with Gasteiger partial charge in [0, 0.05) is 31.2 Å². The summed E-state index contributed by atoms with van der Waals surface area (Å²) in [5, 5.41) is 3.09. The Morgan fingerprint density at radius 2 is 1.85 bits per heavy atom. The van der Waals surface area contributed by atoms with E-state index < -0.39 is 10.0 Å². The van der Waals surface area contributed by atoms with E-state index in [1.54, 1.807) is 47.6 Å². The topological polar surface area (TPSA) is 119 Å². The summed E-state index contributed by atoms with van der Waals surface area (Å²) in [6.45, 7) is 4.47. The number of sulfonamides is 1. The van der Waals surface area contributed by atoms with Gasteiger partial charge in [0.15, 0.2) is 11.6 Å². The number of imidazole rings is 1. The molecule has 0 spiro atoms. The summed E-state index contributed by atoms with van der Waals surface area (Å²) in [6, 6.07) is 6.47. The van der Waals surface area contributed by atoms with Crippen molar-refractivity contribution >= 4 is 27.2 Å². The number of hydrogen-bond donors (Lipinski definition) is 2. The van der Waals surface area contributed by atoms with E-state index >= 15 is 0 Å². The predicted molar refractivity (Wildman–Crippen MR) is 103 cm³/mol. The van der Waals surface area contributed by atoms with E-state index in [-0.39, 0.29) is 4.90 Å². The number of nitrogens with two attached hydrogens (primary N) is 1. The summed E-state index contributed by atoms with van der Waals surface area (Å²) in [5.74, 6) is 0.929. The summed E-state index contributed by atoms with van der Waals surface area (Å²) >= 11 is 0. The summed E-state index contributed by atoms with van der Waals surface area (Å²) in [4.78, 5) is 12.6. The van der Waals surface area contributed by atoms with Crippen LogP contribution in [0.3, 0.4) is 0 Å². The highest BCUT2D eigenvalue weighted by atomic mass is 32.2. The first-order chi connectivity index (χ1) is 13.0. The Balaban J connectivity index is 1.85. The quantitative estimate of drug-likeness (QED) is 0.636. The number of nitrogens with zero attached hydrogens (tertiary/aromatic N) is 5. The molecule has 0 aliphatic carbocycles. The molecular weight excluding hydrogens is 366 g/mol. The van der Waals surface area contributed by atoms with Crippen molar-refractivity contribution in [2.45, 2.75) is 18.7 Å². The number of nitrogen functional groups attached to an aromatic ring is 1. The van der Waals surface area contributed by atoms with Crippen LogP contribution in [0.2, 0.25) is 0 Å². The second kappa shape index (κ2) is 7.72. The molecule has 0 bridgehead atoms. The van der Waals surface area contributed by atoms with Crippen molar-refractivity contribution in [1.82, 2.24) is 23.8 Å². The van der Waals surface area contributed by atoms with Crippen LogP contribution in [0.1, 0.15) is 13.8 Å². The van der Waals surface area contributed by atoms with Gasteiger partial charge in [-0.15, -0.1) is 0 Å². The first-order valence-electron chi connectivity index (χ1n) is 8.43. The third-order valence-electron chi connectivity index (χ3n) is 4.07. The van der Waals surface area contributed by atoms with Crippen LogP contribution in [-0.2, 0) is 10.0 Å². The average molecular weight is 387 g/mol. The average Bonchev–Trinajstić information content (AvgIpc) is 3.19. The van der Waals surface area contributed by atoms with Gasteiger partial charge < -0.3 is 11.1 Å². The van der Waals surface area contributed by atoms with Crippen LogP contribution >= 0.6 is 0 Å². The summed E-state index contributed by atoms with van der Waals surface area (Å²) in [5.41, 5.74) is 7.18. The Labute approximate surface area is 157 Å². The number of rotatable bonds is 7. The monoisotopic (exact) mass is 387 g/mol. The normalized spacial score (nSPS) is 11.7. The fourth-order valence-electron chi connectivity index (χ4n) is 2.64. The van der Waals surface area contributed by atoms with Crippen LogP contribution in [0, 0.1) is 0 Å². The lowest BCUT2D eigenvalue weighted by atomic mass is 10.3. The molecule has 1 aromatic carbocycles. The van der Waals surface area contributed by atoms with Gasteiger partial charge in [-0.05, 0) is 24.3 Å². The Bertz CT molecular complexity index is 998. The van der Waals surface area contributed by atoms with Gasteiger partial charge in [-0.3, -0.25) is 4.57 Å². The zero-order chi connectivity index (χ0) is 19.4. The molecule has 0 unspecified atom stereocenters. The van der Waals surface area contributed by atoms with Crippen LogP contribution in [0.4, 0.5) is 17.2 Å². The molecule has 3 rings (SSSR count). The Kier molecular flexibility index (Phi) is 5.38. The molecule has 0 fully saturated rings. The first-order valence-corrected chi connectivity index (χ1v) is 9.87. The Hall–Kier alpha value is -2.98. The maximum absolute atomic E-state index is 12.6. The van der Waals surface area contributed by atoms with E-state index in [1.807, 2.05) is 13.8 Å². The molecule has 2 heterocycles. The molecule has 3 aromatic rings. The molecule has 0 atom stereocenters. The zero-order valence-electron chi connectivity index (χ0n) is 15.1. The number of anilines is 3. The largest absolute Gasteiger partial charge is 0.393 e. The van der Waals surface area contributed by atoms with Crippen LogP contribution in [-0.4, -0.2) is 45.3 Å². The van der Waals surface area contributed by atoms with Crippen LogP contribution < -0.4 is 11.1 Å². The minimum atomic E-state index is -3.49. The molecule has 142 valence electrons. The van der Waals surface area contributed by atoms with Crippen molar-refractivity contribution in [2.75, 3.05) is 24.1 Å². The Morgan fingerprint density at radius 1 is 1.15 bits per heavy atom. The first kappa shape index (κ1) is 18.8. The fourth-order valence-corrected chi connectivity index (χ4v) is 4.09. The zero-order valence-corrected chi connectivity index (χ0v) is 15.9. The smallest absolute Gasteiger partial charge is 0.243 e. The lowest BCUT2D eigenvalue weighted by Crippen LogP contribution is -2.30. The van der Waals surface area contributed by atoms with E-state index in [0.29, 0.717) is 36.1 Å². The minimum Gasteiger partial charge on any atom is -0.393 e. The standard InChI is InChI=1S/C17H21N7O2S/c1-3-24(4-2)27(25,26)14-7-5-13(6-8-14)22-16-15(18)17(21-11-20-16)23-10-9-19-12-23/h5-12H,3-4,18H2,1-2H3,(H,20,21,22). The number of nitrogens with one attached hydrogen (secondary N) is 1. The lowest BCUT2D eigenvalue weighted by molar-refractivity contribution is 0.445. The van der Waals surface area contributed by atoms with E-state index in [1.165, 1.54) is 10.6 Å². The molecule has 0 radical (unpaired) electrons. The van der Waals surface area contributed by atoms with Crippen molar-refractivity contribution in [3.05, 3.63) is 49.3 Å². The third kappa shape index (κ3) is 3.76. The van der Waals surface area contributed by atoms with Crippen molar-refractivity contribution in [1.29, 1.82) is 0 Å². The summed E-state index contributed by atoms with van der Waals surface area (Å²) in [7, 11) is -3.49. The van der Waals surface area contributed by atoms with Crippen molar-refractivity contribution < 1.29 is 8.42 Å². The molecule has 27 heavy (non-hydrogen) atoms. The van der Waals surface area contributed by atoms with Crippen LogP contribution in [0.25, 0.3) is 5.82 Å². The SMILES string of the molecule is CCN(CC)S(=O)(=O)c1ccc(Nc2ncnc(-n3ccnc3)c2N)cc1. The van der Waals surface area contributed by atoms with E-state index in [2.05, 4.69) is 20.3 Å². The van der Waals surface area contributed by atoms with Gasteiger partial charge >= 0.3 is 0 Å². The maximum atomic E-state index is 12.6. The molecule has 0 saturated heterocycles.